The molecule has 0 amide bonds. The van der Waals surface area contributed by atoms with Gasteiger partial charge < -0.3 is 14.6 Å². The van der Waals surface area contributed by atoms with E-state index in [0.29, 0.717) is 0 Å². The Morgan fingerprint density at radius 1 is 1.33 bits per heavy atom. The second-order valence-corrected chi connectivity index (χ2v) is 4.21. The molecule has 0 atom stereocenters. The van der Waals surface area contributed by atoms with Gasteiger partial charge in [-0.2, -0.15) is 0 Å². The summed E-state index contributed by atoms with van der Waals surface area (Å²) in [5.74, 6) is 2.15. The average Bonchev–Trinajstić information content (AvgIpc) is 2.66. The molecule has 0 aliphatic carbocycles. The first-order valence-corrected chi connectivity index (χ1v) is 5.83. The molecular weight excluding hydrogens is 188 g/mol. The van der Waals surface area contributed by atoms with Crippen molar-refractivity contribution in [3.63, 3.8) is 0 Å². The van der Waals surface area contributed by atoms with Crippen molar-refractivity contribution in [2.24, 2.45) is 0 Å². The van der Waals surface area contributed by atoms with Gasteiger partial charge in [-0.3, -0.25) is 0 Å². The summed E-state index contributed by atoms with van der Waals surface area (Å²) in [7, 11) is 0. The van der Waals surface area contributed by atoms with Crippen LogP contribution in [0, 0.1) is 6.92 Å². The van der Waals surface area contributed by atoms with Crippen LogP contribution in [0.3, 0.4) is 0 Å². The molecule has 2 rings (SSSR count). The second kappa shape index (κ2) is 5.33. The van der Waals surface area contributed by atoms with E-state index in [1.807, 2.05) is 13.0 Å². The summed E-state index contributed by atoms with van der Waals surface area (Å²) in [6.45, 7) is 7.86. The summed E-state index contributed by atoms with van der Waals surface area (Å²) in [6.07, 6.45) is 2.27. The van der Waals surface area contributed by atoms with E-state index in [0.717, 1.165) is 31.0 Å². The molecule has 0 spiro atoms. The van der Waals surface area contributed by atoms with Crippen molar-refractivity contribution < 1.29 is 4.42 Å². The molecule has 3 nitrogen and oxygen atoms in total. The van der Waals surface area contributed by atoms with Gasteiger partial charge >= 0.3 is 0 Å². The quantitative estimate of drug-likeness (QED) is 0.811. The number of nitrogens with one attached hydrogen (secondary N) is 1. The van der Waals surface area contributed by atoms with Crippen LogP contribution in [0.5, 0.6) is 0 Å². The predicted octanol–water partition coefficient (Wildman–Crippen LogP) is 1.43. The first-order valence-electron chi connectivity index (χ1n) is 5.83. The third-order valence-electron chi connectivity index (χ3n) is 2.90. The van der Waals surface area contributed by atoms with Gasteiger partial charge in [0.15, 0.2) is 0 Å². The van der Waals surface area contributed by atoms with Gasteiger partial charge in [0, 0.05) is 32.6 Å². The Hall–Kier alpha value is -0.800. The van der Waals surface area contributed by atoms with Crippen LogP contribution < -0.4 is 5.32 Å². The zero-order valence-corrected chi connectivity index (χ0v) is 9.46. The standard InChI is InChI=1S/C12H20N2O/c1-11-4-5-12(15-11)3-2-8-14-9-6-13-7-10-14/h4-5,13H,2-3,6-10H2,1H3. The fourth-order valence-corrected chi connectivity index (χ4v) is 2.03. The van der Waals surface area contributed by atoms with E-state index in [2.05, 4.69) is 16.3 Å². The SMILES string of the molecule is Cc1ccc(CCCN2CCNCC2)o1. The summed E-state index contributed by atoms with van der Waals surface area (Å²) >= 11 is 0. The van der Waals surface area contributed by atoms with E-state index in [1.165, 1.54) is 26.1 Å². The molecule has 1 aliphatic rings. The van der Waals surface area contributed by atoms with E-state index in [1.54, 1.807) is 0 Å². The van der Waals surface area contributed by atoms with E-state index in [-0.39, 0.29) is 0 Å². The first-order chi connectivity index (χ1) is 7.34. The number of rotatable bonds is 4. The molecule has 1 N–H and O–H groups in total. The van der Waals surface area contributed by atoms with Crippen LogP contribution in [-0.4, -0.2) is 37.6 Å². The van der Waals surface area contributed by atoms with Crippen LogP contribution in [0.4, 0.5) is 0 Å². The molecule has 1 aliphatic heterocycles. The molecule has 0 radical (unpaired) electrons. The molecule has 0 saturated carbocycles. The number of piperazine rings is 1. The number of aryl methyl sites for hydroxylation is 2. The summed E-state index contributed by atoms with van der Waals surface area (Å²) in [5.41, 5.74) is 0. The Bertz CT molecular complexity index is 290. The second-order valence-electron chi connectivity index (χ2n) is 4.21. The van der Waals surface area contributed by atoms with Gasteiger partial charge in [-0.1, -0.05) is 0 Å². The maximum Gasteiger partial charge on any atom is 0.104 e. The smallest absolute Gasteiger partial charge is 0.104 e. The Kier molecular flexibility index (Phi) is 3.80. The number of nitrogens with zero attached hydrogens (tertiary/aromatic N) is 1. The molecule has 84 valence electrons. The third-order valence-corrected chi connectivity index (χ3v) is 2.90. The number of hydrogen-bond donors (Lipinski definition) is 1. The molecule has 1 saturated heterocycles. The Balaban J connectivity index is 1.65. The van der Waals surface area contributed by atoms with Crippen LogP contribution >= 0.6 is 0 Å². The highest BCUT2D eigenvalue weighted by molar-refractivity contribution is 5.05. The molecular formula is C12H20N2O. The maximum atomic E-state index is 5.54. The lowest BCUT2D eigenvalue weighted by Gasteiger charge is -2.26. The Morgan fingerprint density at radius 2 is 2.13 bits per heavy atom. The fourth-order valence-electron chi connectivity index (χ4n) is 2.03. The van der Waals surface area contributed by atoms with Crippen LogP contribution in [0.1, 0.15) is 17.9 Å². The van der Waals surface area contributed by atoms with Crippen molar-refractivity contribution in [3.8, 4) is 0 Å². The van der Waals surface area contributed by atoms with E-state index in [9.17, 15) is 0 Å². The fraction of sp³-hybridized carbons (Fsp3) is 0.667. The zero-order valence-electron chi connectivity index (χ0n) is 9.46. The molecule has 0 unspecified atom stereocenters. The minimum atomic E-state index is 1.02. The monoisotopic (exact) mass is 208 g/mol. The molecule has 1 fully saturated rings. The van der Waals surface area contributed by atoms with Crippen molar-refractivity contribution >= 4 is 0 Å². The van der Waals surface area contributed by atoms with Crippen LogP contribution in [-0.2, 0) is 6.42 Å². The Morgan fingerprint density at radius 3 is 2.80 bits per heavy atom. The predicted molar refractivity (Wildman–Crippen MR) is 61.1 cm³/mol. The van der Waals surface area contributed by atoms with Gasteiger partial charge in [0.05, 0.1) is 0 Å². The van der Waals surface area contributed by atoms with Gasteiger partial charge in [0.2, 0.25) is 0 Å². The molecule has 0 bridgehead atoms. The minimum Gasteiger partial charge on any atom is -0.466 e. The molecule has 3 heteroatoms. The number of hydrogen-bond acceptors (Lipinski definition) is 3. The van der Waals surface area contributed by atoms with Crippen LogP contribution in [0.15, 0.2) is 16.5 Å². The largest absolute Gasteiger partial charge is 0.466 e. The summed E-state index contributed by atoms with van der Waals surface area (Å²) in [6, 6.07) is 4.13. The van der Waals surface area contributed by atoms with Crippen molar-refractivity contribution in [2.45, 2.75) is 19.8 Å². The highest BCUT2D eigenvalue weighted by atomic mass is 16.3. The summed E-state index contributed by atoms with van der Waals surface area (Å²) < 4.78 is 5.54. The highest BCUT2D eigenvalue weighted by Gasteiger charge is 2.08. The van der Waals surface area contributed by atoms with Gasteiger partial charge in [-0.15, -0.1) is 0 Å². The minimum absolute atomic E-state index is 1.02. The van der Waals surface area contributed by atoms with Crippen LogP contribution in [0.2, 0.25) is 0 Å². The van der Waals surface area contributed by atoms with Crippen molar-refractivity contribution in [2.75, 3.05) is 32.7 Å². The molecule has 0 aromatic carbocycles. The zero-order chi connectivity index (χ0) is 10.5. The topological polar surface area (TPSA) is 28.4 Å². The lowest BCUT2D eigenvalue weighted by atomic mass is 10.2. The molecule has 1 aromatic heterocycles. The van der Waals surface area contributed by atoms with Gasteiger partial charge in [-0.25, -0.2) is 0 Å². The highest BCUT2D eigenvalue weighted by Crippen LogP contribution is 2.09. The molecule has 15 heavy (non-hydrogen) atoms. The summed E-state index contributed by atoms with van der Waals surface area (Å²) in [4.78, 5) is 2.52. The normalized spacial score (nSPS) is 18.2. The van der Waals surface area contributed by atoms with Crippen LogP contribution in [0.25, 0.3) is 0 Å². The van der Waals surface area contributed by atoms with Crippen molar-refractivity contribution in [1.82, 2.24) is 10.2 Å². The van der Waals surface area contributed by atoms with Crippen molar-refractivity contribution in [1.29, 1.82) is 0 Å². The first kappa shape index (κ1) is 10.7. The van der Waals surface area contributed by atoms with E-state index >= 15 is 0 Å². The average molecular weight is 208 g/mol. The number of furan rings is 1. The lowest BCUT2D eigenvalue weighted by molar-refractivity contribution is 0.237. The molecule has 2 heterocycles. The van der Waals surface area contributed by atoms with E-state index in [4.69, 9.17) is 4.42 Å². The Labute approximate surface area is 91.4 Å². The van der Waals surface area contributed by atoms with Gasteiger partial charge in [0.1, 0.15) is 11.5 Å². The van der Waals surface area contributed by atoms with Crippen molar-refractivity contribution in [3.05, 3.63) is 23.7 Å². The van der Waals surface area contributed by atoms with Gasteiger partial charge in [0.25, 0.3) is 0 Å². The third kappa shape index (κ3) is 3.36. The van der Waals surface area contributed by atoms with Gasteiger partial charge in [-0.05, 0) is 32.0 Å². The molecule has 1 aromatic rings. The summed E-state index contributed by atoms with van der Waals surface area (Å²) in [5, 5.41) is 3.37. The van der Waals surface area contributed by atoms with E-state index < -0.39 is 0 Å². The lowest BCUT2D eigenvalue weighted by Crippen LogP contribution is -2.43. The maximum absolute atomic E-state index is 5.54.